The van der Waals surface area contributed by atoms with Crippen molar-refractivity contribution in [2.75, 3.05) is 19.1 Å². The molecular weight excluding hydrogens is 464 g/mol. The summed E-state index contributed by atoms with van der Waals surface area (Å²) in [5, 5.41) is 0.643. The average Bonchev–Trinajstić information content (AvgIpc) is 2.92. The summed E-state index contributed by atoms with van der Waals surface area (Å²) in [6, 6.07) is 23.7. The molecule has 0 spiro atoms. The smallest absolute Gasteiger partial charge is 0.338 e. The maximum absolute atomic E-state index is 13.1. The van der Waals surface area contributed by atoms with E-state index < -0.39 is 5.97 Å². The standard InChI is InChI=1S/C28H21ClN2O4/c1-31(21-11-9-20(29)10-12-21)22-13-15-25(30-17-22)27(33)19-8-14-23(24(16-19)28(34)35-2)26(32)18-6-4-3-5-7-18/h3-17H,1-2H3. The first-order valence-corrected chi connectivity index (χ1v) is 11.1. The lowest BCUT2D eigenvalue weighted by atomic mass is 9.94. The van der Waals surface area contributed by atoms with E-state index in [2.05, 4.69) is 4.98 Å². The number of hydrogen-bond acceptors (Lipinski definition) is 6. The molecule has 0 aliphatic heterocycles. The minimum Gasteiger partial charge on any atom is -0.465 e. The fourth-order valence-corrected chi connectivity index (χ4v) is 3.71. The lowest BCUT2D eigenvalue weighted by molar-refractivity contribution is 0.0597. The zero-order chi connectivity index (χ0) is 24.9. The van der Waals surface area contributed by atoms with Crippen LogP contribution in [0.15, 0.2) is 91.1 Å². The van der Waals surface area contributed by atoms with Gasteiger partial charge in [-0.3, -0.25) is 14.6 Å². The Kier molecular flexibility index (Phi) is 7.03. The van der Waals surface area contributed by atoms with Crippen LogP contribution >= 0.6 is 11.6 Å². The Morgan fingerprint density at radius 1 is 0.771 bits per heavy atom. The van der Waals surface area contributed by atoms with Gasteiger partial charge < -0.3 is 9.64 Å². The van der Waals surface area contributed by atoms with Crippen molar-refractivity contribution < 1.29 is 19.1 Å². The SMILES string of the molecule is COC(=O)c1cc(C(=O)c2ccc(N(C)c3ccc(Cl)cc3)cn2)ccc1C(=O)c1ccccc1. The Morgan fingerprint density at radius 3 is 2.09 bits per heavy atom. The van der Waals surface area contributed by atoms with Crippen LogP contribution in [0.4, 0.5) is 11.4 Å². The van der Waals surface area contributed by atoms with Gasteiger partial charge in [0.25, 0.3) is 0 Å². The molecule has 1 aromatic heterocycles. The number of aromatic nitrogens is 1. The van der Waals surface area contributed by atoms with Crippen LogP contribution in [0, 0.1) is 0 Å². The quantitative estimate of drug-likeness (QED) is 0.245. The molecule has 4 rings (SSSR count). The second-order valence-corrected chi connectivity index (χ2v) is 8.15. The van der Waals surface area contributed by atoms with Gasteiger partial charge in [0.15, 0.2) is 5.78 Å². The number of ether oxygens (including phenoxy) is 1. The molecule has 35 heavy (non-hydrogen) atoms. The van der Waals surface area contributed by atoms with E-state index in [0.717, 1.165) is 11.4 Å². The molecule has 0 atom stereocenters. The average molecular weight is 485 g/mol. The first-order chi connectivity index (χ1) is 16.9. The van der Waals surface area contributed by atoms with Crippen molar-refractivity contribution >= 4 is 40.5 Å². The monoisotopic (exact) mass is 484 g/mol. The van der Waals surface area contributed by atoms with Crippen LogP contribution < -0.4 is 4.90 Å². The number of benzene rings is 3. The number of pyridine rings is 1. The van der Waals surface area contributed by atoms with Gasteiger partial charge in [0.05, 0.1) is 24.6 Å². The predicted molar refractivity (Wildman–Crippen MR) is 135 cm³/mol. The van der Waals surface area contributed by atoms with Crippen LogP contribution in [-0.2, 0) is 4.74 Å². The molecule has 0 fully saturated rings. The number of nitrogens with zero attached hydrogens (tertiary/aromatic N) is 2. The topological polar surface area (TPSA) is 76.6 Å². The van der Waals surface area contributed by atoms with E-state index in [4.69, 9.17) is 16.3 Å². The predicted octanol–water partition coefficient (Wildman–Crippen LogP) is 5.75. The third-order valence-electron chi connectivity index (χ3n) is 5.55. The molecule has 0 saturated carbocycles. The van der Waals surface area contributed by atoms with E-state index in [9.17, 15) is 14.4 Å². The second kappa shape index (κ2) is 10.3. The van der Waals surface area contributed by atoms with Gasteiger partial charge in [-0.15, -0.1) is 0 Å². The highest BCUT2D eigenvalue weighted by molar-refractivity contribution is 6.30. The van der Waals surface area contributed by atoms with Crippen molar-refractivity contribution in [2.24, 2.45) is 0 Å². The number of rotatable bonds is 7. The summed E-state index contributed by atoms with van der Waals surface area (Å²) < 4.78 is 4.86. The normalized spacial score (nSPS) is 10.5. The Hall–Kier alpha value is -4.29. The highest BCUT2D eigenvalue weighted by Crippen LogP contribution is 2.25. The highest BCUT2D eigenvalue weighted by Gasteiger charge is 2.22. The summed E-state index contributed by atoms with van der Waals surface area (Å²) in [7, 11) is 3.11. The summed E-state index contributed by atoms with van der Waals surface area (Å²) >= 11 is 5.96. The van der Waals surface area contributed by atoms with Crippen LogP contribution in [0.5, 0.6) is 0 Å². The maximum atomic E-state index is 13.1. The molecule has 0 saturated heterocycles. The van der Waals surface area contributed by atoms with Crippen molar-refractivity contribution in [3.63, 3.8) is 0 Å². The lowest BCUT2D eigenvalue weighted by Gasteiger charge is -2.19. The van der Waals surface area contributed by atoms with E-state index >= 15 is 0 Å². The zero-order valence-electron chi connectivity index (χ0n) is 19.1. The number of ketones is 2. The van der Waals surface area contributed by atoms with Crippen LogP contribution in [0.2, 0.25) is 5.02 Å². The van der Waals surface area contributed by atoms with Crippen molar-refractivity contribution in [1.82, 2.24) is 4.98 Å². The van der Waals surface area contributed by atoms with Crippen molar-refractivity contribution in [2.45, 2.75) is 0 Å². The van der Waals surface area contributed by atoms with Gasteiger partial charge in [-0.1, -0.05) is 48.0 Å². The van der Waals surface area contributed by atoms with Crippen molar-refractivity contribution in [1.29, 1.82) is 0 Å². The first-order valence-electron chi connectivity index (χ1n) is 10.7. The molecule has 0 aliphatic carbocycles. The van der Waals surface area contributed by atoms with Crippen LogP contribution in [0.3, 0.4) is 0 Å². The molecule has 6 nitrogen and oxygen atoms in total. The molecule has 7 heteroatoms. The summed E-state index contributed by atoms with van der Waals surface area (Å²) in [6.45, 7) is 0. The Balaban J connectivity index is 1.62. The summed E-state index contributed by atoms with van der Waals surface area (Å²) in [5.41, 5.74) is 2.73. The van der Waals surface area contributed by atoms with Gasteiger partial charge in [-0.2, -0.15) is 0 Å². The third kappa shape index (κ3) is 5.13. The number of esters is 1. The first kappa shape index (κ1) is 23.9. The van der Waals surface area contributed by atoms with Crippen molar-refractivity contribution in [3.8, 4) is 0 Å². The highest BCUT2D eigenvalue weighted by atomic mass is 35.5. The molecule has 0 N–H and O–H groups in total. The molecule has 0 radical (unpaired) electrons. The molecule has 0 aliphatic rings. The van der Waals surface area contributed by atoms with E-state index in [-0.39, 0.29) is 34.0 Å². The number of halogens is 1. The Bertz CT molecular complexity index is 1390. The summed E-state index contributed by atoms with van der Waals surface area (Å²) in [6.07, 6.45) is 1.59. The van der Waals surface area contributed by atoms with Crippen LogP contribution in [0.25, 0.3) is 0 Å². The molecule has 3 aromatic carbocycles. The van der Waals surface area contributed by atoms with Crippen LogP contribution in [0.1, 0.15) is 42.3 Å². The molecule has 174 valence electrons. The molecule has 1 heterocycles. The lowest BCUT2D eigenvalue weighted by Crippen LogP contribution is -2.14. The minimum atomic E-state index is -0.702. The Labute approximate surface area is 207 Å². The van der Waals surface area contributed by atoms with Gasteiger partial charge >= 0.3 is 5.97 Å². The van der Waals surface area contributed by atoms with E-state index in [1.165, 1.54) is 25.3 Å². The molecule has 4 aromatic rings. The largest absolute Gasteiger partial charge is 0.465 e. The van der Waals surface area contributed by atoms with E-state index in [1.807, 2.05) is 24.1 Å². The van der Waals surface area contributed by atoms with Gasteiger partial charge in [-0.05, 0) is 48.5 Å². The number of carbonyl (C=O) groups is 3. The summed E-state index contributed by atoms with van der Waals surface area (Å²) in [5.74, 6) is -1.42. The number of methoxy groups -OCH3 is 1. The van der Waals surface area contributed by atoms with Crippen molar-refractivity contribution in [3.05, 3.63) is 124 Å². The van der Waals surface area contributed by atoms with E-state index in [0.29, 0.717) is 10.6 Å². The van der Waals surface area contributed by atoms with Crippen LogP contribution in [-0.4, -0.2) is 36.7 Å². The fraction of sp³-hybridized carbons (Fsp3) is 0.0714. The fourth-order valence-electron chi connectivity index (χ4n) is 3.59. The van der Waals surface area contributed by atoms with Gasteiger partial charge in [0.1, 0.15) is 5.69 Å². The third-order valence-corrected chi connectivity index (χ3v) is 5.80. The summed E-state index contributed by atoms with van der Waals surface area (Å²) in [4.78, 5) is 44.8. The van der Waals surface area contributed by atoms with Gasteiger partial charge in [0.2, 0.25) is 5.78 Å². The maximum Gasteiger partial charge on any atom is 0.338 e. The molecular formula is C28H21ClN2O4. The number of carbonyl (C=O) groups excluding carboxylic acids is 3. The molecule has 0 amide bonds. The number of hydrogen-bond donors (Lipinski definition) is 0. The van der Waals surface area contributed by atoms with Gasteiger partial charge in [0, 0.05) is 34.4 Å². The zero-order valence-corrected chi connectivity index (χ0v) is 19.8. The Morgan fingerprint density at radius 2 is 1.46 bits per heavy atom. The molecule has 0 unspecified atom stereocenters. The number of anilines is 2. The van der Waals surface area contributed by atoms with Gasteiger partial charge in [-0.25, -0.2) is 4.79 Å². The second-order valence-electron chi connectivity index (χ2n) is 7.71. The minimum absolute atomic E-state index is 0.0197. The molecule has 0 bridgehead atoms. The van der Waals surface area contributed by atoms with E-state index in [1.54, 1.807) is 60.8 Å².